The SMILES string of the molecule is CC1CCCCC(F)(C2CCC2)C1. The number of rotatable bonds is 1. The standard InChI is InChI=1S/C12H21F/c1-10-5-2-3-8-12(13,9-10)11-6-4-7-11/h10-11H,2-9H2,1H3. The Kier molecular flexibility index (Phi) is 2.62. The highest BCUT2D eigenvalue weighted by Crippen LogP contribution is 2.47. The monoisotopic (exact) mass is 184 g/mol. The molecular weight excluding hydrogens is 163 g/mol. The maximum Gasteiger partial charge on any atom is 0.114 e. The summed E-state index contributed by atoms with van der Waals surface area (Å²) in [7, 11) is 0. The first-order chi connectivity index (χ1) is 6.21. The van der Waals surface area contributed by atoms with Gasteiger partial charge in [-0.15, -0.1) is 0 Å². The molecule has 1 heteroatoms. The molecule has 0 aromatic heterocycles. The van der Waals surface area contributed by atoms with Crippen LogP contribution in [0, 0.1) is 11.8 Å². The van der Waals surface area contributed by atoms with Crippen molar-refractivity contribution >= 4 is 0 Å². The van der Waals surface area contributed by atoms with Crippen LogP contribution < -0.4 is 0 Å². The Morgan fingerprint density at radius 3 is 2.46 bits per heavy atom. The second-order valence-electron chi connectivity index (χ2n) is 5.22. The Labute approximate surface area is 80.9 Å². The molecule has 0 amide bonds. The highest BCUT2D eigenvalue weighted by atomic mass is 19.1. The highest BCUT2D eigenvalue weighted by Gasteiger charge is 2.43. The molecule has 0 heterocycles. The van der Waals surface area contributed by atoms with Crippen LogP contribution in [0.3, 0.4) is 0 Å². The van der Waals surface area contributed by atoms with E-state index in [2.05, 4.69) is 6.92 Å². The summed E-state index contributed by atoms with van der Waals surface area (Å²) in [5.41, 5.74) is -0.770. The minimum atomic E-state index is -0.770. The van der Waals surface area contributed by atoms with Crippen LogP contribution >= 0.6 is 0 Å². The molecule has 0 bridgehead atoms. The summed E-state index contributed by atoms with van der Waals surface area (Å²) in [4.78, 5) is 0. The Bertz CT molecular complexity index is 174. The minimum absolute atomic E-state index is 0.424. The summed E-state index contributed by atoms with van der Waals surface area (Å²) >= 11 is 0. The maximum absolute atomic E-state index is 14.5. The van der Waals surface area contributed by atoms with Crippen molar-refractivity contribution in [3.05, 3.63) is 0 Å². The first-order valence-electron chi connectivity index (χ1n) is 5.90. The third kappa shape index (κ3) is 1.89. The zero-order valence-electron chi connectivity index (χ0n) is 8.69. The summed E-state index contributed by atoms with van der Waals surface area (Å²) in [5, 5.41) is 0. The lowest BCUT2D eigenvalue weighted by Crippen LogP contribution is -2.38. The summed E-state index contributed by atoms with van der Waals surface area (Å²) in [5.74, 6) is 1.04. The van der Waals surface area contributed by atoms with Crippen molar-refractivity contribution in [3.63, 3.8) is 0 Å². The predicted octanol–water partition coefficient (Wildman–Crippen LogP) is 4.10. The van der Waals surface area contributed by atoms with E-state index in [-0.39, 0.29) is 0 Å². The molecule has 2 aliphatic rings. The normalized spacial score (nSPS) is 42.5. The van der Waals surface area contributed by atoms with Crippen LogP contribution in [0.2, 0.25) is 0 Å². The van der Waals surface area contributed by atoms with E-state index in [9.17, 15) is 4.39 Å². The van der Waals surface area contributed by atoms with Gasteiger partial charge in [-0.1, -0.05) is 32.6 Å². The summed E-state index contributed by atoms with van der Waals surface area (Å²) in [6.45, 7) is 2.22. The predicted molar refractivity (Wildman–Crippen MR) is 53.4 cm³/mol. The molecule has 0 saturated heterocycles. The van der Waals surface area contributed by atoms with Crippen molar-refractivity contribution in [2.45, 2.75) is 64.0 Å². The lowest BCUT2D eigenvalue weighted by molar-refractivity contribution is 0.00889. The van der Waals surface area contributed by atoms with Crippen molar-refractivity contribution in [1.82, 2.24) is 0 Å². The Morgan fingerprint density at radius 1 is 1.08 bits per heavy atom. The topological polar surface area (TPSA) is 0 Å². The van der Waals surface area contributed by atoms with Gasteiger partial charge in [-0.2, -0.15) is 0 Å². The van der Waals surface area contributed by atoms with Crippen LogP contribution in [0.4, 0.5) is 4.39 Å². The molecule has 2 rings (SSSR count). The molecule has 0 spiro atoms. The van der Waals surface area contributed by atoms with Crippen molar-refractivity contribution in [2.24, 2.45) is 11.8 Å². The molecule has 0 nitrogen and oxygen atoms in total. The summed E-state index contributed by atoms with van der Waals surface area (Å²) in [6, 6.07) is 0. The van der Waals surface area contributed by atoms with E-state index in [4.69, 9.17) is 0 Å². The number of hydrogen-bond donors (Lipinski definition) is 0. The molecule has 0 aromatic carbocycles. The molecule has 76 valence electrons. The number of halogens is 1. The van der Waals surface area contributed by atoms with E-state index in [1.165, 1.54) is 19.3 Å². The molecule has 0 aliphatic heterocycles. The third-order valence-electron chi connectivity index (χ3n) is 4.06. The van der Waals surface area contributed by atoms with Crippen LogP contribution in [-0.2, 0) is 0 Å². The lowest BCUT2D eigenvalue weighted by Gasteiger charge is -2.40. The molecule has 2 unspecified atom stereocenters. The Morgan fingerprint density at radius 2 is 1.85 bits per heavy atom. The molecule has 13 heavy (non-hydrogen) atoms. The largest absolute Gasteiger partial charge is 0.244 e. The second-order valence-corrected chi connectivity index (χ2v) is 5.22. The van der Waals surface area contributed by atoms with E-state index >= 15 is 0 Å². The van der Waals surface area contributed by atoms with Gasteiger partial charge >= 0.3 is 0 Å². The molecular formula is C12H21F. The van der Waals surface area contributed by atoms with E-state index in [0.717, 1.165) is 32.1 Å². The van der Waals surface area contributed by atoms with Crippen molar-refractivity contribution < 1.29 is 4.39 Å². The average molecular weight is 184 g/mol. The number of hydrogen-bond acceptors (Lipinski definition) is 0. The van der Waals surface area contributed by atoms with E-state index in [1.54, 1.807) is 0 Å². The lowest BCUT2D eigenvalue weighted by atomic mass is 9.70. The van der Waals surface area contributed by atoms with E-state index < -0.39 is 5.67 Å². The van der Waals surface area contributed by atoms with Gasteiger partial charge in [-0.3, -0.25) is 0 Å². The second kappa shape index (κ2) is 3.59. The van der Waals surface area contributed by atoms with Crippen LogP contribution in [0.15, 0.2) is 0 Å². The fourth-order valence-electron chi connectivity index (χ4n) is 2.99. The molecule has 2 aliphatic carbocycles. The van der Waals surface area contributed by atoms with Crippen LogP contribution in [0.5, 0.6) is 0 Å². The van der Waals surface area contributed by atoms with Gasteiger partial charge in [0.1, 0.15) is 5.67 Å². The fourth-order valence-corrected chi connectivity index (χ4v) is 2.99. The van der Waals surface area contributed by atoms with Gasteiger partial charge in [-0.25, -0.2) is 4.39 Å². The van der Waals surface area contributed by atoms with Gasteiger partial charge in [0.15, 0.2) is 0 Å². The third-order valence-corrected chi connectivity index (χ3v) is 4.06. The van der Waals surface area contributed by atoms with Crippen LogP contribution in [0.1, 0.15) is 58.3 Å². The van der Waals surface area contributed by atoms with Crippen molar-refractivity contribution in [2.75, 3.05) is 0 Å². The summed E-state index contributed by atoms with van der Waals surface area (Å²) < 4.78 is 14.5. The summed E-state index contributed by atoms with van der Waals surface area (Å²) in [6.07, 6.45) is 8.89. The fraction of sp³-hybridized carbons (Fsp3) is 1.00. The molecule has 2 atom stereocenters. The highest BCUT2D eigenvalue weighted by molar-refractivity contribution is 4.93. The van der Waals surface area contributed by atoms with Gasteiger partial charge < -0.3 is 0 Å². The van der Waals surface area contributed by atoms with Crippen LogP contribution in [0.25, 0.3) is 0 Å². The van der Waals surface area contributed by atoms with Crippen molar-refractivity contribution in [1.29, 1.82) is 0 Å². The first-order valence-corrected chi connectivity index (χ1v) is 5.90. The first kappa shape index (κ1) is 9.48. The van der Waals surface area contributed by atoms with Gasteiger partial charge in [0.25, 0.3) is 0 Å². The molecule has 0 N–H and O–H groups in total. The smallest absolute Gasteiger partial charge is 0.114 e. The zero-order valence-corrected chi connectivity index (χ0v) is 8.69. The van der Waals surface area contributed by atoms with Gasteiger partial charge in [0, 0.05) is 0 Å². The molecule has 0 aromatic rings. The molecule has 0 radical (unpaired) electrons. The maximum atomic E-state index is 14.5. The Balaban J connectivity index is 2.00. The van der Waals surface area contributed by atoms with Crippen LogP contribution in [-0.4, -0.2) is 5.67 Å². The molecule has 2 fully saturated rings. The minimum Gasteiger partial charge on any atom is -0.244 e. The average Bonchev–Trinajstić information content (AvgIpc) is 2.07. The Hall–Kier alpha value is -0.0700. The van der Waals surface area contributed by atoms with Gasteiger partial charge in [0.2, 0.25) is 0 Å². The van der Waals surface area contributed by atoms with Crippen molar-refractivity contribution in [3.8, 4) is 0 Å². The van der Waals surface area contributed by atoms with E-state index in [0.29, 0.717) is 11.8 Å². The van der Waals surface area contributed by atoms with Gasteiger partial charge in [-0.05, 0) is 37.5 Å². The van der Waals surface area contributed by atoms with E-state index in [1.807, 2.05) is 0 Å². The zero-order chi connectivity index (χ0) is 9.31. The number of alkyl halides is 1. The molecule has 2 saturated carbocycles. The quantitative estimate of drug-likeness (QED) is 0.538. The van der Waals surface area contributed by atoms with Gasteiger partial charge in [0.05, 0.1) is 0 Å².